The summed E-state index contributed by atoms with van der Waals surface area (Å²) >= 11 is 0. The summed E-state index contributed by atoms with van der Waals surface area (Å²) in [6, 6.07) is 6.12. The highest BCUT2D eigenvalue weighted by Crippen LogP contribution is 2.28. The molecule has 0 aliphatic rings. The molecule has 2 nitrogen and oxygen atoms in total. The molecule has 2 heteroatoms. The Balaban J connectivity index is 2.50. The largest absolute Gasteiger partial charge is 0.384 e. The lowest BCUT2D eigenvalue weighted by atomic mass is 9.93. The number of aliphatic hydroxyl groups excluding tert-OH is 1. The number of rotatable bonds is 2. The average Bonchev–Trinajstić information content (AvgIpc) is 2.33. The third-order valence-corrected chi connectivity index (χ3v) is 3.55. The number of benzene rings is 1. The van der Waals surface area contributed by atoms with Gasteiger partial charge in [0.1, 0.15) is 6.10 Å². The molecule has 0 saturated heterocycles. The van der Waals surface area contributed by atoms with Gasteiger partial charge in [-0.05, 0) is 61.6 Å². The summed E-state index contributed by atoms with van der Waals surface area (Å²) in [6.07, 6.45) is 2.89. The van der Waals surface area contributed by atoms with E-state index in [0.717, 1.165) is 22.3 Å². The number of hydrogen-bond acceptors (Lipinski definition) is 2. The van der Waals surface area contributed by atoms with Crippen LogP contribution in [0.15, 0.2) is 30.6 Å². The van der Waals surface area contributed by atoms with Crippen LogP contribution in [-0.2, 0) is 0 Å². The van der Waals surface area contributed by atoms with Crippen LogP contribution >= 0.6 is 0 Å². The van der Waals surface area contributed by atoms with Crippen molar-refractivity contribution in [2.45, 2.75) is 33.8 Å². The van der Waals surface area contributed by atoms with E-state index in [4.69, 9.17) is 0 Å². The molecular formula is C16H19NO. The number of nitrogens with zero attached hydrogens (tertiary/aromatic N) is 1. The molecule has 1 atom stereocenters. The Bertz CT molecular complexity index is 575. The molecule has 18 heavy (non-hydrogen) atoms. The molecule has 0 spiro atoms. The minimum Gasteiger partial charge on any atom is -0.384 e. The zero-order valence-electron chi connectivity index (χ0n) is 11.4. The molecule has 0 radical (unpaired) electrons. The lowest BCUT2D eigenvalue weighted by molar-refractivity contribution is 0.218. The third kappa shape index (κ3) is 2.29. The SMILES string of the molecule is Cc1cc(C)c(C(O)c2cnccc2C)cc1C. The Kier molecular flexibility index (Phi) is 3.48. The van der Waals surface area contributed by atoms with Crippen LogP contribution in [-0.4, -0.2) is 10.1 Å². The maximum atomic E-state index is 10.5. The lowest BCUT2D eigenvalue weighted by Crippen LogP contribution is -2.05. The molecule has 0 aliphatic carbocycles. The van der Waals surface area contributed by atoms with E-state index in [-0.39, 0.29) is 0 Å². The van der Waals surface area contributed by atoms with Crippen molar-refractivity contribution in [3.05, 3.63) is 64.0 Å². The van der Waals surface area contributed by atoms with Gasteiger partial charge in [-0.3, -0.25) is 4.98 Å². The Morgan fingerprint density at radius 1 is 0.889 bits per heavy atom. The molecule has 2 aromatic rings. The van der Waals surface area contributed by atoms with Gasteiger partial charge in [-0.2, -0.15) is 0 Å². The van der Waals surface area contributed by atoms with Gasteiger partial charge in [0.15, 0.2) is 0 Å². The first kappa shape index (κ1) is 12.8. The van der Waals surface area contributed by atoms with E-state index in [1.54, 1.807) is 12.4 Å². The second-order valence-corrected chi connectivity index (χ2v) is 4.93. The molecule has 1 aromatic heterocycles. The molecule has 0 saturated carbocycles. The molecule has 0 fully saturated rings. The van der Waals surface area contributed by atoms with Crippen molar-refractivity contribution in [3.63, 3.8) is 0 Å². The van der Waals surface area contributed by atoms with E-state index >= 15 is 0 Å². The normalized spacial score (nSPS) is 12.5. The maximum absolute atomic E-state index is 10.5. The van der Waals surface area contributed by atoms with Crippen molar-refractivity contribution in [1.29, 1.82) is 0 Å². The zero-order valence-corrected chi connectivity index (χ0v) is 11.4. The van der Waals surface area contributed by atoms with Crippen molar-refractivity contribution in [2.75, 3.05) is 0 Å². The highest BCUT2D eigenvalue weighted by molar-refractivity contribution is 5.42. The minimum atomic E-state index is -0.599. The number of pyridine rings is 1. The van der Waals surface area contributed by atoms with E-state index in [2.05, 4.69) is 31.0 Å². The quantitative estimate of drug-likeness (QED) is 0.874. The number of aryl methyl sites for hydroxylation is 4. The van der Waals surface area contributed by atoms with Gasteiger partial charge in [0.25, 0.3) is 0 Å². The fourth-order valence-corrected chi connectivity index (χ4v) is 2.21. The van der Waals surface area contributed by atoms with Crippen LogP contribution in [0.5, 0.6) is 0 Å². The van der Waals surface area contributed by atoms with Gasteiger partial charge in [-0.15, -0.1) is 0 Å². The van der Waals surface area contributed by atoms with E-state index in [9.17, 15) is 5.11 Å². The Morgan fingerprint density at radius 2 is 1.56 bits per heavy atom. The molecule has 94 valence electrons. The van der Waals surface area contributed by atoms with Crippen LogP contribution in [0.3, 0.4) is 0 Å². The molecule has 1 N–H and O–H groups in total. The summed E-state index contributed by atoms with van der Waals surface area (Å²) in [6.45, 7) is 8.20. The average molecular weight is 241 g/mol. The Morgan fingerprint density at radius 3 is 2.22 bits per heavy atom. The summed E-state index contributed by atoms with van der Waals surface area (Å²) in [4.78, 5) is 4.10. The Hall–Kier alpha value is -1.67. The van der Waals surface area contributed by atoms with E-state index < -0.39 is 6.10 Å². The van der Waals surface area contributed by atoms with Crippen LogP contribution in [0, 0.1) is 27.7 Å². The molecule has 0 bridgehead atoms. The number of hydrogen-bond donors (Lipinski definition) is 1. The zero-order chi connectivity index (χ0) is 13.3. The minimum absolute atomic E-state index is 0.599. The maximum Gasteiger partial charge on any atom is 0.106 e. The standard InChI is InChI=1S/C16H19NO/c1-10-5-6-17-9-15(10)16(18)14-8-12(3)11(2)7-13(14)4/h5-9,16,18H,1-4H3. The summed E-state index contributed by atoms with van der Waals surface area (Å²) in [5.74, 6) is 0. The first-order valence-corrected chi connectivity index (χ1v) is 6.17. The monoisotopic (exact) mass is 241 g/mol. The molecule has 0 amide bonds. The van der Waals surface area contributed by atoms with E-state index in [1.807, 2.05) is 19.9 Å². The molecule has 0 aliphatic heterocycles. The second kappa shape index (κ2) is 4.91. The molecule has 1 aromatic carbocycles. The molecule has 1 heterocycles. The van der Waals surface area contributed by atoms with Gasteiger partial charge in [0.05, 0.1) is 0 Å². The lowest BCUT2D eigenvalue weighted by Gasteiger charge is -2.17. The topological polar surface area (TPSA) is 33.1 Å². The van der Waals surface area contributed by atoms with Crippen molar-refractivity contribution < 1.29 is 5.11 Å². The van der Waals surface area contributed by atoms with E-state index in [1.165, 1.54) is 11.1 Å². The van der Waals surface area contributed by atoms with Crippen LogP contribution < -0.4 is 0 Å². The number of aromatic nitrogens is 1. The van der Waals surface area contributed by atoms with Crippen molar-refractivity contribution in [3.8, 4) is 0 Å². The van der Waals surface area contributed by atoms with Gasteiger partial charge in [0, 0.05) is 18.0 Å². The van der Waals surface area contributed by atoms with Crippen LogP contribution in [0.2, 0.25) is 0 Å². The van der Waals surface area contributed by atoms with E-state index in [0.29, 0.717) is 0 Å². The summed E-state index contributed by atoms with van der Waals surface area (Å²) in [5, 5.41) is 10.5. The van der Waals surface area contributed by atoms with Crippen LogP contribution in [0.1, 0.15) is 39.5 Å². The Labute approximate surface area is 108 Å². The van der Waals surface area contributed by atoms with Gasteiger partial charge in [-0.1, -0.05) is 12.1 Å². The third-order valence-electron chi connectivity index (χ3n) is 3.55. The summed E-state index contributed by atoms with van der Waals surface area (Å²) < 4.78 is 0. The fraction of sp³-hybridized carbons (Fsp3) is 0.312. The van der Waals surface area contributed by atoms with Crippen molar-refractivity contribution in [1.82, 2.24) is 4.98 Å². The van der Waals surface area contributed by atoms with Gasteiger partial charge in [0.2, 0.25) is 0 Å². The fourth-order valence-electron chi connectivity index (χ4n) is 2.21. The highest BCUT2D eigenvalue weighted by Gasteiger charge is 2.15. The predicted octanol–water partition coefficient (Wildman–Crippen LogP) is 3.40. The van der Waals surface area contributed by atoms with Gasteiger partial charge >= 0.3 is 0 Å². The smallest absolute Gasteiger partial charge is 0.106 e. The predicted molar refractivity (Wildman–Crippen MR) is 73.7 cm³/mol. The highest BCUT2D eigenvalue weighted by atomic mass is 16.3. The molecule has 1 unspecified atom stereocenters. The molecule has 2 rings (SSSR count). The van der Waals surface area contributed by atoms with Crippen molar-refractivity contribution >= 4 is 0 Å². The van der Waals surface area contributed by atoms with Gasteiger partial charge < -0.3 is 5.11 Å². The number of aliphatic hydroxyl groups is 1. The first-order chi connectivity index (χ1) is 8.50. The second-order valence-electron chi connectivity index (χ2n) is 4.93. The summed E-state index contributed by atoms with van der Waals surface area (Å²) in [7, 11) is 0. The van der Waals surface area contributed by atoms with Crippen molar-refractivity contribution in [2.24, 2.45) is 0 Å². The first-order valence-electron chi connectivity index (χ1n) is 6.17. The molecular weight excluding hydrogens is 222 g/mol. The van der Waals surface area contributed by atoms with Gasteiger partial charge in [-0.25, -0.2) is 0 Å². The van der Waals surface area contributed by atoms with Crippen LogP contribution in [0.25, 0.3) is 0 Å². The van der Waals surface area contributed by atoms with Crippen LogP contribution in [0.4, 0.5) is 0 Å². The summed E-state index contributed by atoms with van der Waals surface area (Å²) in [5.41, 5.74) is 6.49.